The van der Waals surface area contributed by atoms with Crippen LogP contribution in [0.25, 0.3) is 10.9 Å². The molecule has 0 atom stereocenters. The predicted octanol–water partition coefficient (Wildman–Crippen LogP) is 2.20. The average molecular weight is 447 g/mol. The maximum atomic E-state index is 13.4. The van der Waals surface area contributed by atoms with Crippen LogP contribution in [0.2, 0.25) is 0 Å². The van der Waals surface area contributed by atoms with Crippen molar-refractivity contribution in [3.63, 3.8) is 0 Å². The highest BCUT2D eigenvalue weighted by atomic mass is 32.2. The summed E-state index contributed by atoms with van der Waals surface area (Å²) in [7, 11) is -0.886. The number of cyclic esters (lactones) is 1. The van der Waals surface area contributed by atoms with E-state index in [1.54, 1.807) is 22.9 Å². The van der Waals surface area contributed by atoms with Gasteiger partial charge in [-0.05, 0) is 23.3 Å². The Bertz CT molecular complexity index is 1240. The molecule has 1 aliphatic heterocycles. The van der Waals surface area contributed by atoms with Gasteiger partial charge in [-0.1, -0.05) is 12.1 Å². The topological polar surface area (TPSA) is 90.7 Å². The third-order valence-corrected chi connectivity index (χ3v) is 7.20. The minimum Gasteiger partial charge on any atom is -0.461 e. The lowest BCUT2D eigenvalue weighted by molar-refractivity contribution is 0.0473. The molecule has 0 saturated heterocycles. The lowest BCUT2D eigenvalue weighted by Crippen LogP contribution is -2.30. The van der Waals surface area contributed by atoms with Gasteiger partial charge in [0, 0.05) is 45.3 Å². The maximum absolute atomic E-state index is 13.4. The number of hydrogen-bond donors (Lipinski definition) is 0. The van der Waals surface area contributed by atoms with Gasteiger partial charge in [-0.25, -0.2) is 22.6 Å². The molecule has 3 heterocycles. The molecule has 0 bridgehead atoms. The van der Waals surface area contributed by atoms with Gasteiger partial charge < -0.3 is 14.0 Å². The first-order valence-electron chi connectivity index (χ1n) is 9.70. The standard InChI is InChI=1S/C21H22FN3O5S/c1-24(8-10-29-2)31(27,28)18-13-25(12-14-3-5-15(22)6-4-14)17-11-23-20-16(19(17)18)7-9-30-21(20)26/h3-6,11,13H,7-10,12H2,1-2H3. The highest BCUT2D eigenvalue weighted by molar-refractivity contribution is 7.89. The minimum absolute atomic E-state index is 0.0940. The van der Waals surface area contributed by atoms with Gasteiger partial charge in [0.25, 0.3) is 0 Å². The van der Waals surface area contributed by atoms with E-state index in [9.17, 15) is 17.6 Å². The summed E-state index contributed by atoms with van der Waals surface area (Å²) >= 11 is 0. The number of likely N-dealkylation sites (N-methyl/N-ethyl adjacent to an activating group) is 1. The third-order valence-electron chi connectivity index (χ3n) is 5.33. The summed E-state index contributed by atoms with van der Waals surface area (Å²) < 4.78 is 53.2. The first kappa shape index (κ1) is 21.4. The zero-order valence-corrected chi connectivity index (χ0v) is 18.0. The molecule has 3 aromatic rings. The van der Waals surface area contributed by atoms with E-state index in [-0.39, 0.29) is 36.2 Å². The van der Waals surface area contributed by atoms with E-state index in [0.29, 0.717) is 29.4 Å². The molecule has 164 valence electrons. The third kappa shape index (κ3) is 3.93. The van der Waals surface area contributed by atoms with Crippen LogP contribution in [0.1, 0.15) is 21.6 Å². The molecule has 8 nitrogen and oxygen atoms in total. The van der Waals surface area contributed by atoms with Gasteiger partial charge in [-0.2, -0.15) is 4.31 Å². The Kier molecular flexibility index (Phi) is 5.78. The van der Waals surface area contributed by atoms with Gasteiger partial charge in [-0.3, -0.25) is 0 Å². The largest absolute Gasteiger partial charge is 0.461 e. The molecule has 0 amide bonds. The second-order valence-electron chi connectivity index (χ2n) is 7.30. The van der Waals surface area contributed by atoms with Gasteiger partial charge in [-0.15, -0.1) is 0 Å². The van der Waals surface area contributed by atoms with Crippen LogP contribution in [-0.2, 0) is 32.5 Å². The van der Waals surface area contributed by atoms with Crippen molar-refractivity contribution in [2.24, 2.45) is 0 Å². The van der Waals surface area contributed by atoms with Gasteiger partial charge >= 0.3 is 5.97 Å². The number of esters is 1. The van der Waals surface area contributed by atoms with Crippen LogP contribution in [0, 0.1) is 5.82 Å². The van der Waals surface area contributed by atoms with Crippen LogP contribution in [0.5, 0.6) is 0 Å². The van der Waals surface area contributed by atoms with Gasteiger partial charge in [0.05, 0.1) is 24.9 Å². The molecule has 0 spiro atoms. The monoisotopic (exact) mass is 447 g/mol. The van der Waals surface area contributed by atoms with E-state index < -0.39 is 16.0 Å². The number of sulfonamides is 1. The molecule has 0 N–H and O–H groups in total. The Labute approximate surface area is 179 Å². The van der Waals surface area contributed by atoms with Gasteiger partial charge in [0.2, 0.25) is 10.0 Å². The lowest BCUT2D eigenvalue weighted by Gasteiger charge is -2.19. The van der Waals surface area contributed by atoms with Crippen LogP contribution in [0.4, 0.5) is 4.39 Å². The second kappa shape index (κ2) is 8.37. The van der Waals surface area contributed by atoms with Crippen molar-refractivity contribution in [1.29, 1.82) is 0 Å². The summed E-state index contributed by atoms with van der Waals surface area (Å²) in [5.74, 6) is -0.913. The number of halogens is 1. The van der Waals surface area contributed by atoms with E-state index in [1.165, 1.54) is 36.8 Å². The second-order valence-corrected chi connectivity index (χ2v) is 9.31. The van der Waals surface area contributed by atoms with Crippen molar-refractivity contribution in [3.8, 4) is 0 Å². The Hall–Kier alpha value is -2.82. The summed E-state index contributed by atoms with van der Waals surface area (Å²) in [6.07, 6.45) is 3.41. The molecular formula is C21H22FN3O5S. The molecule has 1 aliphatic rings. The number of pyridine rings is 1. The summed E-state index contributed by atoms with van der Waals surface area (Å²) in [4.78, 5) is 16.5. The average Bonchev–Trinajstić information content (AvgIpc) is 3.13. The predicted molar refractivity (Wildman–Crippen MR) is 111 cm³/mol. The summed E-state index contributed by atoms with van der Waals surface area (Å²) in [5.41, 5.74) is 2.07. The molecule has 0 saturated carbocycles. The number of ether oxygens (including phenoxy) is 2. The molecule has 10 heteroatoms. The van der Waals surface area contributed by atoms with E-state index in [0.717, 1.165) is 5.56 Å². The van der Waals surface area contributed by atoms with Crippen LogP contribution >= 0.6 is 0 Å². The molecule has 1 aromatic carbocycles. The normalized spacial score (nSPS) is 14.1. The molecule has 0 aliphatic carbocycles. The molecule has 31 heavy (non-hydrogen) atoms. The number of carbonyl (C=O) groups excluding carboxylic acids is 1. The SMILES string of the molecule is COCCN(C)S(=O)(=O)c1cn(Cc2ccc(F)cc2)c2cnc3c(c12)CCOC3=O. The maximum Gasteiger partial charge on any atom is 0.357 e. The van der Waals surface area contributed by atoms with E-state index in [2.05, 4.69) is 4.98 Å². The first-order valence-corrected chi connectivity index (χ1v) is 11.1. The van der Waals surface area contributed by atoms with Crippen molar-refractivity contribution >= 4 is 26.9 Å². The molecule has 0 unspecified atom stereocenters. The fraction of sp³-hybridized carbons (Fsp3) is 0.333. The Morgan fingerprint density at radius 1 is 1.29 bits per heavy atom. The number of nitrogens with zero attached hydrogens (tertiary/aromatic N) is 3. The van der Waals surface area contributed by atoms with Crippen molar-refractivity contribution in [3.05, 3.63) is 59.3 Å². The van der Waals surface area contributed by atoms with Crippen LogP contribution in [0.3, 0.4) is 0 Å². The highest BCUT2D eigenvalue weighted by Gasteiger charge is 2.31. The fourth-order valence-electron chi connectivity index (χ4n) is 3.66. The zero-order valence-electron chi connectivity index (χ0n) is 17.2. The summed E-state index contributed by atoms with van der Waals surface area (Å²) in [6.45, 7) is 0.905. The molecule has 0 radical (unpaired) electrons. The fourth-order valence-corrected chi connectivity index (χ4v) is 5.06. The first-order chi connectivity index (χ1) is 14.8. The number of fused-ring (bicyclic) bond motifs is 3. The number of methoxy groups -OCH3 is 1. The van der Waals surface area contributed by atoms with Crippen LogP contribution in [0.15, 0.2) is 41.6 Å². The number of carbonyl (C=O) groups is 1. The number of benzene rings is 1. The molecule has 4 rings (SSSR count). The van der Waals surface area contributed by atoms with E-state index >= 15 is 0 Å². The van der Waals surface area contributed by atoms with Crippen LogP contribution in [-0.4, -0.2) is 62.2 Å². The van der Waals surface area contributed by atoms with Crippen molar-refractivity contribution in [2.75, 3.05) is 33.9 Å². The highest BCUT2D eigenvalue weighted by Crippen LogP contribution is 2.33. The lowest BCUT2D eigenvalue weighted by atomic mass is 10.0. The molecular weight excluding hydrogens is 425 g/mol. The van der Waals surface area contributed by atoms with E-state index in [4.69, 9.17) is 9.47 Å². The molecule has 0 fully saturated rings. The van der Waals surface area contributed by atoms with Crippen molar-refractivity contribution < 1.29 is 27.1 Å². The molecule has 2 aromatic heterocycles. The number of rotatable bonds is 7. The van der Waals surface area contributed by atoms with Crippen molar-refractivity contribution in [2.45, 2.75) is 17.9 Å². The summed E-state index contributed by atoms with van der Waals surface area (Å²) in [5, 5.41) is 0.466. The number of aromatic nitrogens is 2. The van der Waals surface area contributed by atoms with Gasteiger partial charge in [0.15, 0.2) is 5.69 Å². The Balaban J connectivity index is 1.90. The minimum atomic E-state index is -3.87. The van der Waals surface area contributed by atoms with Crippen molar-refractivity contribution in [1.82, 2.24) is 13.9 Å². The zero-order chi connectivity index (χ0) is 22.2. The van der Waals surface area contributed by atoms with Crippen LogP contribution < -0.4 is 0 Å². The van der Waals surface area contributed by atoms with Gasteiger partial charge in [0.1, 0.15) is 10.7 Å². The smallest absolute Gasteiger partial charge is 0.357 e. The summed E-state index contributed by atoms with van der Waals surface area (Å²) in [6, 6.07) is 5.99. The Morgan fingerprint density at radius 3 is 2.74 bits per heavy atom. The Morgan fingerprint density at radius 2 is 2.03 bits per heavy atom. The number of hydrogen-bond acceptors (Lipinski definition) is 6. The quantitative estimate of drug-likeness (QED) is 0.516. The van der Waals surface area contributed by atoms with E-state index in [1.807, 2.05) is 0 Å².